The Morgan fingerprint density at radius 1 is 0.968 bits per heavy atom. The van der Waals surface area contributed by atoms with Gasteiger partial charge in [0.05, 0.1) is 25.5 Å². The molecule has 1 aliphatic rings. The average molecular weight is 466 g/mol. The Bertz CT molecular complexity index is 1030. The first-order valence-corrected chi connectivity index (χ1v) is 13.8. The lowest BCUT2D eigenvalue weighted by Gasteiger charge is -2.24. The van der Waals surface area contributed by atoms with Crippen molar-refractivity contribution >= 4 is 43.7 Å². The van der Waals surface area contributed by atoms with Crippen molar-refractivity contribution in [3.8, 4) is 0 Å². The van der Waals surface area contributed by atoms with Crippen LogP contribution in [0.1, 0.15) is 32.3 Å². The maximum Gasteiger partial charge on any atom is 0.340 e. The number of aromatic nitrogens is 2. The largest absolute Gasteiger partial charge is 0.340 e. The molecule has 0 amide bonds. The molecule has 168 valence electrons. The number of rotatable bonds is 11. The van der Waals surface area contributed by atoms with Crippen molar-refractivity contribution in [1.82, 2.24) is 9.97 Å². The van der Waals surface area contributed by atoms with Crippen molar-refractivity contribution in [3.63, 3.8) is 0 Å². The number of nitrogens with one attached hydrogen (secondary N) is 1. The van der Waals surface area contributed by atoms with Crippen LogP contribution in [-0.4, -0.2) is 41.9 Å². The van der Waals surface area contributed by atoms with Gasteiger partial charge in [-0.1, -0.05) is 0 Å². The zero-order chi connectivity index (χ0) is 22.5. The smallest absolute Gasteiger partial charge is 0.338 e. The van der Waals surface area contributed by atoms with E-state index in [0.717, 1.165) is 17.1 Å². The van der Waals surface area contributed by atoms with Gasteiger partial charge in [-0.2, -0.15) is 0 Å². The summed E-state index contributed by atoms with van der Waals surface area (Å²) in [7, 11) is -7.02. The molecule has 1 aromatic carbocycles. The molecule has 0 saturated carbocycles. The van der Waals surface area contributed by atoms with Gasteiger partial charge in [0.2, 0.25) is 7.37 Å². The van der Waals surface area contributed by atoms with Crippen molar-refractivity contribution in [3.05, 3.63) is 35.8 Å². The fourth-order valence-corrected chi connectivity index (χ4v) is 8.76. The highest BCUT2D eigenvalue weighted by Gasteiger charge is 2.38. The number of aryl methyl sites for hydroxylation is 1. The number of hydrogen-bond acceptors (Lipinski definition) is 9. The van der Waals surface area contributed by atoms with Crippen molar-refractivity contribution in [2.24, 2.45) is 4.99 Å². The van der Waals surface area contributed by atoms with Gasteiger partial charge in [-0.3, -0.25) is 14.1 Å². The minimum atomic E-state index is -3.55. The first-order valence-electron chi connectivity index (χ1n) is 10.2. The third kappa shape index (κ3) is 5.68. The Kier molecular flexibility index (Phi) is 7.78. The molecule has 0 saturated heterocycles. The number of fused-ring (bicyclic) bond motifs is 1. The molecule has 1 atom stereocenters. The summed E-state index contributed by atoms with van der Waals surface area (Å²) in [6.45, 7) is 7.60. The Morgan fingerprint density at radius 3 is 2.23 bits per heavy atom. The van der Waals surface area contributed by atoms with E-state index >= 15 is 0 Å². The van der Waals surface area contributed by atoms with E-state index in [1.54, 1.807) is 51.3 Å². The Morgan fingerprint density at radius 2 is 1.61 bits per heavy atom. The number of aliphatic imine (C=N–C) groups is 1. The van der Waals surface area contributed by atoms with Crippen LogP contribution in [-0.2, 0) is 29.1 Å². The second-order valence-corrected chi connectivity index (χ2v) is 11.8. The fourth-order valence-electron chi connectivity index (χ4n) is 3.27. The second kappa shape index (κ2) is 10.2. The van der Waals surface area contributed by atoms with Gasteiger partial charge in [0.1, 0.15) is 17.4 Å². The summed E-state index contributed by atoms with van der Waals surface area (Å²) in [5.74, 6) is 0.969. The van der Waals surface area contributed by atoms with Gasteiger partial charge < -0.3 is 18.9 Å². The second-order valence-electron chi connectivity index (χ2n) is 6.78. The lowest BCUT2D eigenvalue weighted by molar-refractivity contribution is 0.222. The minimum absolute atomic E-state index is 0.192. The van der Waals surface area contributed by atoms with Crippen LogP contribution in [0.4, 0.5) is 17.2 Å². The monoisotopic (exact) mass is 466 g/mol. The fraction of sp³-hybridized carbons (Fsp3) is 0.450. The molecular weight excluding hydrogens is 438 g/mol. The van der Waals surface area contributed by atoms with Crippen LogP contribution in [0.5, 0.6) is 0 Å². The number of anilines is 2. The van der Waals surface area contributed by atoms with Gasteiger partial charge in [0.25, 0.3) is 0 Å². The predicted octanol–water partition coefficient (Wildman–Crippen LogP) is 4.95. The van der Waals surface area contributed by atoms with Crippen LogP contribution in [0.3, 0.4) is 0 Å². The van der Waals surface area contributed by atoms with E-state index in [4.69, 9.17) is 13.6 Å². The standard InChI is InChI=1S/C20H28N4O5P2/c1-5-27-30(25,14-31(26,28-6-2)29-7-3)17-10-8-16(9-11-17)24-20-19-18(12-13-21-19)22-15(4)23-20/h8-11,13H,5-7,12,14H2,1-4H3,(H,22,23,24). The van der Waals surface area contributed by atoms with Gasteiger partial charge in [-0.15, -0.1) is 0 Å². The van der Waals surface area contributed by atoms with Crippen molar-refractivity contribution in [2.75, 3.05) is 31.0 Å². The molecule has 1 aromatic heterocycles. The number of benzene rings is 1. The minimum Gasteiger partial charge on any atom is -0.338 e. The predicted molar refractivity (Wildman–Crippen MR) is 123 cm³/mol. The molecule has 0 fully saturated rings. The van der Waals surface area contributed by atoms with Crippen LogP contribution in [0, 0.1) is 6.92 Å². The zero-order valence-corrected chi connectivity index (χ0v) is 20.0. The van der Waals surface area contributed by atoms with Gasteiger partial charge in [0.15, 0.2) is 5.82 Å². The van der Waals surface area contributed by atoms with E-state index in [9.17, 15) is 9.13 Å². The molecule has 31 heavy (non-hydrogen) atoms. The molecule has 0 bridgehead atoms. The zero-order valence-electron chi connectivity index (χ0n) is 18.2. The van der Waals surface area contributed by atoms with Crippen molar-refractivity contribution in [2.45, 2.75) is 34.1 Å². The highest BCUT2D eigenvalue weighted by molar-refractivity contribution is 7.78. The molecule has 1 unspecified atom stereocenters. The lowest BCUT2D eigenvalue weighted by atomic mass is 10.2. The van der Waals surface area contributed by atoms with Gasteiger partial charge in [0, 0.05) is 23.6 Å². The van der Waals surface area contributed by atoms with E-state index < -0.39 is 15.0 Å². The first-order chi connectivity index (χ1) is 14.8. The summed E-state index contributed by atoms with van der Waals surface area (Å²) >= 11 is 0. The van der Waals surface area contributed by atoms with Gasteiger partial charge >= 0.3 is 7.60 Å². The number of hydrogen-bond donors (Lipinski definition) is 1. The van der Waals surface area contributed by atoms with Gasteiger partial charge in [-0.25, -0.2) is 9.97 Å². The average Bonchev–Trinajstić information content (AvgIpc) is 3.17. The highest BCUT2D eigenvalue weighted by Crippen LogP contribution is 2.62. The van der Waals surface area contributed by atoms with E-state index in [1.807, 2.05) is 6.92 Å². The Labute approximate surface area is 182 Å². The van der Waals surface area contributed by atoms with E-state index in [1.165, 1.54) is 0 Å². The third-order valence-electron chi connectivity index (χ3n) is 4.45. The first kappa shape index (κ1) is 23.8. The van der Waals surface area contributed by atoms with E-state index in [0.29, 0.717) is 23.4 Å². The maximum absolute atomic E-state index is 13.6. The van der Waals surface area contributed by atoms with E-state index in [-0.39, 0.29) is 25.7 Å². The van der Waals surface area contributed by atoms with Crippen molar-refractivity contribution in [1.29, 1.82) is 0 Å². The number of nitrogens with zero attached hydrogens (tertiary/aromatic N) is 3. The summed E-state index contributed by atoms with van der Waals surface area (Å²) < 4.78 is 42.9. The SMILES string of the molecule is CCOP(=O)(CP(=O)(OCC)c1ccc(Nc2nc(C)nc3c2N=CC3)cc1)OCC. The van der Waals surface area contributed by atoms with Crippen LogP contribution < -0.4 is 10.6 Å². The summed E-state index contributed by atoms with van der Waals surface area (Å²) in [5.41, 5.74) is 2.35. The highest BCUT2D eigenvalue weighted by atomic mass is 31.2. The molecule has 2 heterocycles. The lowest BCUT2D eigenvalue weighted by Crippen LogP contribution is -2.13. The molecule has 0 spiro atoms. The Balaban J connectivity index is 1.85. The molecule has 3 rings (SSSR count). The molecule has 0 aliphatic carbocycles. The topological polar surface area (TPSA) is 112 Å². The molecular formula is C20H28N4O5P2. The summed E-state index contributed by atoms with van der Waals surface area (Å²) in [6.07, 6.45) is 2.49. The molecule has 1 N–H and O–H groups in total. The maximum atomic E-state index is 13.6. The molecule has 9 nitrogen and oxygen atoms in total. The Hall–Kier alpha value is -1.89. The van der Waals surface area contributed by atoms with Gasteiger partial charge in [-0.05, 0) is 52.0 Å². The van der Waals surface area contributed by atoms with Crippen molar-refractivity contribution < 1.29 is 22.7 Å². The molecule has 1 aliphatic heterocycles. The normalized spacial score (nSPS) is 15.0. The summed E-state index contributed by atoms with van der Waals surface area (Å²) in [4.78, 5) is 13.2. The summed E-state index contributed by atoms with van der Waals surface area (Å²) in [6, 6.07) is 6.93. The molecule has 11 heteroatoms. The van der Waals surface area contributed by atoms with Crippen LogP contribution in [0.25, 0.3) is 0 Å². The summed E-state index contributed by atoms with van der Waals surface area (Å²) in [5, 5.41) is 3.69. The molecule has 2 aromatic rings. The van der Waals surface area contributed by atoms with E-state index in [2.05, 4.69) is 20.3 Å². The third-order valence-corrected chi connectivity index (χ3v) is 10.4. The van der Waals surface area contributed by atoms with Crippen LogP contribution >= 0.6 is 15.0 Å². The van der Waals surface area contributed by atoms with Crippen LogP contribution in [0.2, 0.25) is 0 Å². The van der Waals surface area contributed by atoms with Crippen LogP contribution in [0.15, 0.2) is 29.3 Å². The quantitative estimate of drug-likeness (QED) is 0.463. The molecule has 0 radical (unpaired) electrons.